The molecule has 0 aliphatic rings. The van der Waals surface area contributed by atoms with Crippen LogP contribution in [0.3, 0.4) is 0 Å². The second-order valence-corrected chi connectivity index (χ2v) is 7.32. The highest BCUT2D eigenvalue weighted by atomic mass is 19.1. The van der Waals surface area contributed by atoms with Gasteiger partial charge >= 0.3 is 6.01 Å². The van der Waals surface area contributed by atoms with E-state index >= 15 is 0 Å². The van der Waals surface area contributed by atoms with Crippen LogP contribution in [0, 0.1) is 5.82 Å². The van der Waals surface area contributed by atoms with E-state index in [1.54, 1.807) is 25.3 Å². The Hall–Kier alpha value is -4.53. The summed E-state index contributed by atoms with van der Waals surface area (Å²) in [5.74, 6) is -0.0727. The average molecular weight is 443 g/mol. The van der Waals surface area contributed by atoms with Crippen molar-refractivity contribution in [2.24, 2.45) is 0 Å². The maximum atomic E-state index is 13.2. The van der Waals surface area contributed by atoms with E-state index in [4.69, 9.17) is 9.15 Å². The van der Waals surface area contributed by atoms with Crippen molar-refractivity contribution in [3.05, 3.63) is 84.8 Å². The predicted molar refractivity (Wildman–Crippen MR) is 119 cm³/mol. The number of hydrogen-bond donors (Lipinski definition) is 1. The van der Waals surface area contributed by atoms with Gasteiger partial charge in [-0.25, -0.2) is 9.37 Å². The Balaban J connectivity index is 1.41. The van der Waals surface area contributed by atoms with Crippen LogP contribution in [0.25, 0.3) is 28.0 Å². The molecule has 0 bridgehead atoms. The van der Waals surface area contributed by atoms with Gasteiger partial charge in [0.05, 0.1) is 11.9 Å². The fourth-order valence-electron chi connectivity index (χ4n) is 3.49. The van der Waals surface area contributed by atoms with Crippen LogP contribution in [-0.4, -0.2) is 26.1 Å². The standard InChI is InChI=1S/C24H18FN5O3/c1-15(32-14-31)23-28-29-24(33-23)27-20-4-2-3-18(11-20)21-13-26-22-12-17(9-10-30(21)22)16-5-7-19(25)8-6-16/h2-15H,1H3,(H,27,29). The van der Waals surface area contributed by atoms with Gasteiger partial charge in [-0.05, 0) is 54.4 Å². The lowest BCUT2D eigenvalue weighted by atomic mass is 10.1. The third-order valence-corrected chi connectivity index (χ3v) is 5.15. The molecule has 0 spiro atoms. The molecule has 1 atom stereocenters. The van der Waals surface area contributed by atoms with Gasteiger partial charge in [-0.1, -0.05) is 29.4 Å². The average Bonchev–Trinajstić information content (AvgIpc) is 3.47. The number of carbonyl (C=O) groups is 1. The van der Waals surface area contributed by atoms with E-state index in [9.17, 15) is 9.18 Å². The minimum absolute atomic E-state index is 0.186. The van der Waals surface area contributed by atoms with Crippen LogP contribution in [0.2, 0.25) is 0 Å². The van der Waals surface area contributed by atoms with Crippen LogP contribution in [0.5, 0.6) is 0 Å². The second-order valence-electron chi connectivity index (χ2n) is 7.32. The van der Waals surface area contributed by atoms with E-state index < -0.39 is 6.10 Å². The molecule has 1 N–H and O–H groups in total. The lowest BCUT2D eigenvalue weighted by Gasteiger charge is -2.07. The SMILES string of the molecule is CC(OC=O)c1nnc(Nc2cccc(-c3cnc4cc(-c5ccc(F)cc5)ccn34)c2)o1. The van der Waals surface area contributed by atoms with Gasteiger partial charge < -0.3 is 14.5 Å². The van der Waals surface area contributed by atoms with Gasteiger partial charge in [-0.2, -0.15) is 0 Å². The van der Waals surface area contributed by atoms with Crippen molar-refractivity contribution >= 4 is 23.8 Å². The summed E-state index contributed by atoms with van der Waals surface area (Å²) in [6.07, 6.45) is 3.11. The quantitative estimate of drug-likeness (QED) is 0.347. The van der Waals surface area contributed by atoms with E-state index in [0.29, 0.717) is 6.47 Å². The number of nitrogens with one attached hydrogen (secondary N) is 1. The van der Waals surface area contributed by atoms with E-state index in [1.165, 1.54) is 12.1 Å². The predicted octanol–water partition coefficient (Wildman–Crippen LogP) is 5.17. The largest absolute Gasteiger partial charge is 0.455 e. The van der Waals surface area contributed by atoms with Crippen molar-refractivity contribution in [3.8, 4) is 22.4 Å². The number of halogens is 1. The third kappa shape index (κ3) is 4.16. The first kappa shape index (κ1) is 20.4. The van der Waals surface area contributed by atoms with E-state index in [2.05, 4.69) is 20.5 Å². The van der Waals surface area contributed by atoms with Gasteiger partial charge in [0.2, 0.25) is 0 Å². The Morgan fingerprint density at radius 2 is 1.91 bits per heavy atom. The molecule has 0 aliphatic heterocycles. The minimum Gasteiger partial charge on any atom is -0.455 e. The molecule has 2 aromatic carbocycles. The van der Waals surface area contributed by atoms with Gasteiger partial charge in [0, 0.05) is 17.4 Å². The van der Waals surface area contributed by atoms with Crippen molar-refractivity contribution < 1.29 is 18.3 Å². The Kier molecular flexibility index (Phi) is 5.27. The molecule has 5 aromatic rings. The number of pyridine rings is 1. The Bertz CT molecular complexity index is 1430. The zero-order chi connectivity index (χ0) is 22.8. The molecule has 8 nitrogen and oxygen atoms in total. The molecule has 1 unspecified atom stereocenters. The van der Waals surface area contributed by atoms with Crippen molar-refractivity contribution in [2.45, 2.75) is 13.0 Å². The summed E-state index contributed by atoms with van der Waals surface area (Å²) in [7, 11) is 0. The van der Waals surface area contributed by atoms with Gasteiger partial charge in [0.15, 0.2) is 6.10 Å². The normalized spacial score (nSPS) is 11.9. The topological polar surface area (TPSA) is 94.5 Å². The van der Waals surface area contributed by atoms with Gasteiger partial charge in [0.1, 0.15) is 11.5 Å². The molecule has 3 heterocycles. The summed E-state index contributed by atoms with van der Waals surface area (Å²) in [4.78, 5) is 15.0. The van der Waals surface area contributed by atoms with Crippen molar-refractivity contribution in [1.29, 1.82) is 0 Å². The van der Waals surface area contributed by atoms with Crippen LogP contribution in [-0.2, 0) is 9.53 Å². The molecule has 9 heteroatoms. The minimum atomic E-state index is -0.630. The smallest absolute Gasteiger partial charge is 0.320 e. The molecule has 0 aliphatic carbocycles. The molecular formula is C24H18FN5O3. The van der Waals surface area contributed by atoms with Crippen LogP contribution in [0.4, 0.5) is 16.1 Å². The van der Waals surface area contributed by atoms with Crippen LogP contribution in [0.15, 0.2) is 77.5 Å². The van der Waals surface area contributed by atoms with E-state index in [-0.39, 0.29) is 17.7 Å². The van der Waals surface area contributed by atoms with E-state index in [1.807, 2.05) is 47.0 Å². The number of nitrogens with zero attached hydrogens (tertiary/aromatic N) is 4. The first-order valence-electron chi connectivity index (χ1n) is 10.1. The van der Waals surface area contributed by atoms with Crippen LogP contribution < -0.4 is 5.32 Å². The highest BCUT2D eigenvalue weighted by Gasteiger charge is 2.15. The maximum Gasteiger partial charge on any atom is 0.320 e. The highest BCUT2D eigenvalue weighted by molar-refractivity contribution is 5.72. The lowest BCUT2D eigenvalue weighted by Crippen LogP contribution is -1.98. The molecule has 164 valence electrons. The van der Waals surface area contributed by atoms with Gasteiger partial charge in [-0.3, -0.25) is 9.20 Å². The molecular weight excluding hydrogens is 425 g/mol. The molecule has 0 fully saturated rings. The van der Waals surface area contributed by atoms with Crippen molar-refractivity contribution in [1.82, 2.24) is 19.6 Å². The van der Waals surface area contributed by atoms with Gasteiger partial charge in [-0.15, -0.1) is 5.10 Å². The highest BCUT2D eigenvalue weighted by Crippen LogP contribution is 2.28. The van der Waals surface area contributed by atoms with Crippen molar-refractivity contribution in [3.63, 3.8) is 0 Å². The number of rotatable bonds is 7. The molecule has 5 rings (SSSR count). The third-order valence-electron chi connectivity index (χ3n) is 5.15. The second kappa shape index (κ2) is 8.54. The van der Waals surface area contributed by atoms with Crippen LogP contribution >= 0.6 is 0 Å². The monoisotopic (exact) mass is 443 g/mol. The van der Waals surface area contributed by atoms with Crippen LogP contribution in [0.1, 0.15) is 18.9 Å². The number of hydrogen-bond acceptors (Lipinski definition) is 7. The number of ether oxygens (including phenoxy) is 1. The number of imidazole rings is 1. The molecule has 3 aromatic heterocycles. The zero-order valence-corrected chi connectivity index (χ0v) is 17.5. The zero-order valence-electron chi connectivity index (χ0n) is 17.5. The fraction of sp³-hybridized carbons (Fsp3) is 0.0833. The summed E-state index contributed by atoms with van der Waals surface area (Å²) < 4.78 is 25.5. The molecule has 0 radical (unpaired) electrons. The summed E-state index contributed by atoms with van der Waals surface area (Å²) in [6, 6.07) is 18.2. The van der Waals surface area contributed by atoms with E-state index in [0.717, 1.165) is 33.7 Å². The molecule has 0 amide bonds. The molecule has 0 saturated carbocycles. The molecule has 0 saturated heterocycles. The summed E-state index contributed by atoms with van der Waals surface area (Å²) in [6.45, 7) is 1.97. The lowest BCUT2D eigenvalue weighted by molar-refractivity contribution is -0.134. The maximum absolute atomic E-state index is 13.2. The molecule has 33 heavy (non-hydrogen) atoms. The first-order chi connectivity index (χ1) is 16.1. The van der Waals surface area contributed by atoms with Gasteiger partial charge in [0.25, 0.3) is 12.4 Å². The summed E-state index contributed by atoms with van der Waals surface area (Å²) >= 11 is 0. The Labute approximate surface area is 187 Å². The number of anilines is 2. The first-order valence-corrected chi connectivity index (χ1v) is 10.1. The summed E-state index contributed by atoms with van der Waals surface area (Å²) in [5.41, 5.74) is 5.22. The number of aromatic nitrogens is 4. The number of carbonyl (C=O) groups excluding carboxylic acids is 1. The number of benzene rings is 2. The van der Waals surface area contributed by atoms with Crippen molar-refractivity contribution in [2.75, 3.05) is 5.32 Å². The summed E-state index contributed by atoms with van der Waals surface area (Å²) in [5, 5.41) is 10.9. The fourth-order valence-corrected chi connectivity index (χ4v) is 3.49. The number of fused-ring (bicyclic) bond motifs is 1. The Morgan fingerprint density at radius 1 is 1.06 bits per heavy atom. The Morgan fingerprint density at radius 3 is 2.73 bits per heavy atom.